The third kappa shape index (κ3) is 4.11. The van der Waals surface area contributed by atoms with Crippen molar-refractivity contribution in [1.82, 2.24) is 24.7 Å². The molecule has 0 radical (unpaired) electrons. The summed E-state index contributed by atoms with van der Waals surface area (Å²) in [4.78, 5) is 20.6. The Balaban J connectivity index is 1.62. The monoisotopic (exact) mass is 351 g/mol. The molecule has 3 rings (SSSR count). The lowest BCUT2D eigenvalue weighted by Gasteiger charge is -2.08. The van der Waals surface area contributed by atoms with Crippen molar-refractivity contribution in [3.8, 4) is 11.4 Å². The fourth-order valence-corrected chi connectivity index (χ4v) is 2.69. The molecule has 0 amide bonds. The van der Waals surface area contributed by atoms with Crippen LogP contribution in [-0.2, 0) is 17.7 Å². The Bertz CT molecular complexity index is 877. The lowest BCUT2D eigenvalue weighted by Crippen LogP contribution is -2.14. The molecule has 134 valence electrons. The van der Waals surface area contributed by atoms with Gasteiger partial charge in [-0.05, 0) is 20.3 Å². The highest BCUT2D eigenvalue weighted by Crippen LogP contribution is 2.17. The van der Waals surface area contributed by atoms with E-state index >= 15 is 0 Å². The molecule has 0 saturated carbocycles. The van der Waals surface area contributed by atoms with Crippen LogP contribution in [0.15, 0.2) is 42.7 Å². The fraction of sp³-hybridized carbons (Fsp3) is 0.316. The molecular weight excluding hydrogens is 330 g/mol. The molecule has 0 N–H and O–H groups in total. The summed E-state index contributed by atoms with van der Waals surface area (Å²) in [6.45, 7) is 4.60. The molecule has 2 aromatic heterocycles. The van der Waals surface area contributed by atoms with E-state index in [2.05, 4.69) is 24.7 Å². The zero-order chi connectivity index (χ0) is 18.4. The number of carbonyl (C=O) groups excluding carboxylic acids is 1. The quantitative estimate of drug-likeness (QED) is 0.609. The number of benzene rings is 1. The maximum Gasteiger partial charge on any atom is 0.360 e. The number of imidazole rings is 1. The van der Waals surface area contributed by atoms with Crippen molar-refractivity contribution >= 4 is 5.97 Å². The van der Waals surface area contributed by atoms with Gasteiger partial charge in [0.1, 0.15) is 5.82 Å². The number of hydrogen-bond acceptors (Lipinski definition) is 6. The highest BCUT2D eigenvalue weighted by Gasteiger charge is 2.15. The molecule has 0 aliphatic heterocycles. The molecule has 0 aliphatic rings. The maximum atomic E-state index is 11.7. The Morgan fingerprint density at radius 1 is 1.19 bits per heavy atom. The number of aromatic nitrogens is 5. The summed E-state index contributed by atoms with van der Waals surface area (Å²) in [6.07, 6.45) is 5.29. The number of esters is 1. The molecule has 0 atom stereocenters. The van der Waals surface area contributed by atoms with Gasteiger partial charge in [-0.25, -0.2) is 14.8 Å². The predicted octanol–water partition coefficient (Wildman–Crippen LogP) is 2.85. The van der Waals surface area contributed by atoms with E-state index in [1.54, 1.807) is 20.0 Å². The highest BCUT2D eigenvalue weighted by molar-refractivity contribution is 5.88. The lowest BCUT2D eigenvalue weighted by atomic mass is 10.2. The third-order valence-corrected chi connectivity index (χ3v) is 3.92. The second-order valence-corrected chi connectivity index (χ2v) is 5.80. The van der Waals surface area contributed by atoms with Crippen LogP contribution in [0, 0.1) is 6.92 Å². The normalized spacial score (nSPS) is 10.7. The van der Waals surface area contributed by atoms with Gasteiger partial charge in [-0.15, -0.1) is 10.2 Å². The van der Waals surface area contributed by atoms with Crippen LogP contribution in [0.5, 0.6) is 0 Å². The van der Waals surface area contributed by atoms with Crippen LogP contribution in [0.3, 0.4) is 0 Å². The van der Waals surface area contributed by atoms with E-state index in [1.165, 1.54) is 0 Å². The summed E-state index contributed by atoms with van der Waals surface area (Å²) in [5, 5.41) is 8.03. The summed E-state index contributed by atoms with van der Waals surface area (Å²) in [6, 6.07) is 10.1. The number of aryl methyl sites for hydroxylation is 3. The van der Waals surface area contributed by atoms with Gasteiger partial charge in [-0.3, -0.25) is 0 Å². The zero-order valence-electron chi connectivity index (χ0n) is 14.9. The third-order valence-electron chi connectivity index (χ3n) is 3.92. The van der Waals surface area contributed by atoms with Gasteiger partial charge in [0.15, 0.2) is 11.5 Å². The minimum absolute atomic E-state index is 0.177. The standard InChI is InChI=1S/C19H21N5O2/c1-3-26-19(25)17-14(2)21-16(22-23-17)10-7-12-24-13-11-20-18(24)15-8-5-4-6-9-15/h4-6,8-9,11,13H,3,7,10,12H2,1-2H3. The summed E-state index contributed by atoms with van der Waals surface area (Å²) >= 11 is 0. The van der Waals surface area contributed by atoms with E-state index in [1.807, 2.05) is 36.5 Å². The smallest absolute Gasteiger partial charge is 0.360 e. The number of nitrogens with zero attached hydrogens (tertiary/aromatic N) is 5. The molecule has 0 saturated heterocycles. The maximum absolute atomic E-state index is 11.7. The predicted molar refractivity (Wildman–Crippen MR) is 96.5 cm³/mol. The van der Waals surface area contributed by atoms with Crippen molar-refractivity contribution in [2.45, 2.75) is 33.2 Å². The van der Waals surface area contributed by atoms with Crippen LogP contribution < -0.4 is 0 Å². The molecule has 1 aromatic carbocycles. The van der Waals surface area contributed by atoms with Crippen LogP contribution in [0.2, 0.25) is 0 Å². The lowest BCUT2D eigenvalue weighted by molar-refractivity contribution is 0.0516. The summed E-state index contributed by atoms with van der Waals surface area (Å²) in [5.41, 5.74) is 1.81. The minimum Gasteiger partial charge on any atom is -0.461 e. The van der Waals surface area contributed by atoms with Gasteiger partial charge < -0.3 is 9.30 Å². The van der Waals surface area contributed by atoms with E-state index in [-0.39, 0.29) is 5.69 Å². The summed E-state index contributed by atoms with van der Waals surface area (Å²) in [7, 11) is 0. The van der Waals surface area contributed by atoms with Crippen molar-refractivity contribution < 1.29 is 9.53 Å². The van der Waals surface area contributed by atoms with Gasteiger partial charge >= 0.3 is 5.97 Å². The SMILES string of the molecule is CCOC(=O)c1nnc(CCCn2ccnc2-c2ccccc2)nc1C. The number of ether oxygens (including phenoxy) is 1. The molecule has 0 aliphatic carbocycles. The van der Waals surface area contributed by atoms with Crippen molar-refractivity contribution in [3.05, 3.63) is 59.9 Å². The molecule has 2 heterocycles. The highest BCUT2D eigenvalue weighted by atomic mass is 16.5. The second kappa shape index (κ2) is 8.33. The van der Waals surface area contributed by atoms with Gasteiger partial charge in [0, 0.05) is 30.9 Å². The van der Waals surface area contributed by atoms with Gasteiger partial charge in [0.2, 0.25) is 0 Å². The molecule has 0 spiro atoms. The van der Waals surface area contributed by atoms with Gasteiger partial charge in [0.25, 0.3) is 0 Å². The van der Waals surface area contributed by atoms with E-state index in [0.29, 0.717) is 24.5 Å². The first kappa shape index (κ1) is 17.7. The fourth-order valence-electron chi connectivity index (χ4n) is 2.69. The number of hydrogen-bond donors (Lipinski definition) is 0. The molecular formula is C19H21N5O2. The average Bonchev–Trinajstić information content (AvgIpc) is 3.11. The van der Waals surface area contributed by atoms with Crippen LogP contribution in [-0.4, -0.2) is 37.3 Å². The largest absolute Gasteiger partial charge is 0.461 e. The Kier molecular flexibility index (Phi) is 5.68. The Labute approximate surface area is 152 Å². The number of carbonyl (C=O) groups is 1. The van der Waals surface area contributed by atoms with E-state index in [4.69, 9.17) is 4.74 Å². The molecule has 7 heteroatoms. The van der Waals surface area contributed by atoms with E-state index < -0.39 is 5.97 Å². The van der Waals surface area contributed by atoms with Gasteiger partial charge in [-0.2, -0.15) is 0 Å². The molecule has 0 fully saturated rings. The van der Waals surface area contributed by atoms with E-state index in [0.717, 1.165) is 24.4 Å². The Hall–Kier alpha value is -3.09. The van der Waals surface area contributed by atoms with Crippen molar-refractivity contribution in [3.63, 3.8) is 0 Å². The second-order valence-electron chi connectivity index (χ2n) is 5.80. The molecule has 3 aromatic rings. The number of rotatable bonds is 7. The van der Waals surface area contributed by atoms with E-state index in [9.17, 15) is 4.79 Å². The summed E-state index contributed by atoms with van der Waals surface area (Å²) in [5.74, 6) is 1.08. The topological polar surface area (TPSA) is 82.8 Å². The van der Waals surface area contributed by atoms with Crippen LogP contribution in [0.4, 0.5) is 0 Å². The first-order chi connectivity index (χ1) is 12.7. The van der Waals surface area contributed by atoms with Crippen LogP contribution in [0.25, 0.3) is 11.4 Å². The molecule has 26 heavy (non-hydrogen) atoms. The first-order valence-corrected chi connectivity index (χ1v) is 8.63. The van der Waals surface area contributed by atoms with Crippen molar-refractivity contribution in [2.24, 2.45) is 0 Å². The first-order valence-electron chi connectivity index (χ1n) is 8.63. The summed E-state index contributed by atoms with van der Waals surface area (Å²) < 4.78 is 7.06. The average molecular weight is 351 g/mol. The van der Waals surface area contributed by atoms with Gasteiger partial charge in [0.05, 0.1) is 12.3 Å². The molecule has 7 nitrogen and oxygen atoms in total. The van der Waals surface area contributed by atoms with Crippen molar-refractivity contribution in [1.29, 1.82) is 0 Å². The van der Waals surface area contributed by atoms with Gasteiger partial charge in [-0.1, -0.05) is 30.3 Å². The molecule has 0 unspecified atom stereocenters. The Morgan fingerprint density at radius 2 is 2.00 bits per heavy atom. The Morgan fingerprint density at radius 3 is 2.73 bits per heavy atom. The van der Waals surface area contributed by atoms with Crippen LogP contribution in [0.1, 0.15) is 35.4 Å². The zero-order valence-corrected chi connectivity index (χ0v) is 14.9. The van der Waals surface area contributed by atoms with Crippen LogP contribution >= 0.6 is 0 Å². The molecule has 0 bridgehead atoms. The van der Waals surface area contributed by atoms with Crippen molar-refractivity contribution in [2.75, 3.05) is 6.61 Å². The minimum atomic E-state index is -0.484.